The van der Waals surface area contributed by atoms with Crippen molar-refractivity contribution in [3.8, 4) is 0 Å². The third-order valence-electron chi connectivity index (χ3n) is 2.77. The van der Waals surface area contributed by atoms with Crippen LogP contribution in [0.25, 0.3) is 0 Å². The van der Waals surface area contributed by atoms with E-state index in [4.69, 9.17) is 16.1 Å². The van der Waals surface area contributed by atoms with Crippen molar-refractivity contribution in [2.45, 2.75) is 6.10 Å². The van der Waals surface area contributed by atoms with Gasteiger partial charge in [-0.3, -0.25) is 14.6 Å². The first kappa shape index (κ1) is 18.8. The van der Waals surface area contributed by atoms with Crippen LogP contribution in [0.3, 0.4) is 0 Å². The Kier molecular flexibility index (Phi) is 6.37. The summed E-state index contributed by atoms with van der Waals surface area (Å²) in [5.41, 5.74) is 6.71. The maximum atomic E-state index is 10.5. The van der Waals surface area contributed by atoms with Gasteiger partial charge in [0.05, 0.1) is 6.10 Å². The molecule has 136 valence electrons. The Bertz CT molecular complexity index is 748. The molecule has 1 aromatic carbocycles. The molecule has 13 heteroatoms. The summed E-state index contributed by atoms with van der Waals surface area (Å²) in [5, 5.41) is 32.8. The van der Waals surface area contributed by atoms with E-state index in [-0.39, 0.29) is 23.7 Å². The predicted octanol–water partition coefficient (Wildman–Crippen LogP) is -0.566. The minimum absolute atomic E-state index is 0.0342. The van der Waals surface area contributed by atoms with Crippen molar-refractivity contribution in [2.24, 2.45) is 0 Å². The second-order valence-electron chi connectivity index (χ2n) is 4.83. The Hall–Kier alpha value is -2.58. The van der Waals surface area contributed by atoms with E-state index in [1.54, 1.807) is 24.3 Å². The van der Waals surface area contributed by atoms with Gasteiger partial charge in [0.15, 0.2) is 0 Å². The smallest absolute Gasteiger partial charge is 0.283 e. The van der Waals surface area contributed by atoms with E-state index in [0.29, 0.717) is 11.4 Å². The predicted molar refractivity (Wildman–Crippen MR) is 88.3 cm³/mol. The van der Waals surface area contributed by atoms with Gasteiger partial charge in [0.1, 0.15) is 0 Å². The van der Waals surface area contributed by atoms with E-state index >= 15 is 0 Å². The molecule has 0 radical (unpaired) electrons. The number of hydrogen-bond acceptors (Lipinski definition) is 12. The Labute approximate surface area is 144 Å². The summed E-state index contributed by atoms with van der Waals surface area (Å²) in [4.78, 5) is 11.5. The highest BCUT2D eigenvalue weighted by Crippen LogP contribution is 2.18. The van der Waals surface area contributed by atoms with Gasteiger partial charge >= 0.3 is 0 Å². The Morgan fingerprint density at radius 2 is 2.00 bits per heavy atom. The summed E-state index contributed by atoms with van der Waals surface area (Å²) in [7, 11) is 0. The summed E-state index contributed by atoms with van der Waals surface area (Å²) < 4.78 is 21.1. The van der Waals surface area contributed by atoms with Crippen molar-refractivity contribution in [2.75, 3.05) is 33.9 Å². The SMILES string of the molecule is Nc1cccc(Nc2nc(NCC(O)CS(=O)[O-])nc(N(O)O)n2)c1. The highest BCUT2D eigenvalue weighted by atomic mass is 32.2. The molecule has 2 atom stereocenters. The van der Waals surface area contributed by atoms with Crippen LogP contribution in [0.2, 0.25) is 0 Å². The van der Waals surface area contributed by atoms with Gasteiger partial charge in [-0.1, -0.05) is 22.4 Å². The van der Waals surface area contributed by atoms with Crippen LogP contribution in [-0.2, 0) is 11.1 Å². The maximum absolute atomic E-state index is 10.5. The molecule has 25 heavy (non-hydrogen) atoms. The molecule has 2 rings (SSSR count). The molecule has 0 saturated heterocycles. The number of nitrogens with zero attached hydrogens (tertiary/aromatic N) is 4. The zero-order valence-electron chi connectivity index (χ0n) is 12.7. The zero-order chi connectivity index (χ0) is 18.4. The van der Waals surface area contributed by atoms with Crippen molar-refractivity contribution in [1.82, 2.24) is 15.0 Å². The van der Waals surface area contributed by atoms with Gasteiger partial charge < -0.3 is 26.0 Å². The largest absolute Gasteiger partial charge is 0.772 e. The standard InChI is InChI=1S/C12H17N7O5S/c13-7-2-1-3-8(4-7)15-11-16-10(17-12(18-11)19(21)22)14-5-9(20)6-25(23)24/h1-4,9,20-22H,5-6,13H2,(H,23,24)(H2,14,15,16,17,18)/p-1. The first-order valence-electron chi connectivity index (χ1n) is 6.88. The minimum Gasteiger partial charge on any atom is -0.772 e. The normalized spacial score (nSPS) is 13.1. The lowest BCUT2D eigenvalue weighted by atomic mass is 10.3. The molecular weight excluding hydrogens is 354 g/mol. The maximum Gasteiger partial charge on any atom is 0.283 e. The molecule has 2 aromatic rings. The third-order valence-corrected chi connectivity index (χ3v) is 3.43. The molecule has 1 aromatic heterocycles. The van der Waals surface area contributed by atoms with Crippen LogP contribution in [0, 0.1) is 0 Å². The molecule has 0 aliphatic carbocycles. The molecule has 0 aliphatic heterocycles. The number of aliphatic hydroxyl groups is 1. The Morgan fingerprint density at radius 3 is 2.64 bits per heavy atom. The first-order chi connectivity index (χ1) is 11.8. The zero-order valence-corrected chi connectivity index (χ0v) is 13.6. The first-order valence-corrected chi connectivity index (χ1v) is 8.12. The average molecular weight is 370 g/mol. The number of anilines is 5. The summed E-state index contributed by atoms with van der Waals surface area (Å²) >= 11 is -2.40. The van der Waals surface area contributed by atoms with E-state index in [0.717, 1.165) is 0 Å². The lowest BCUT2D eigenvalue weighted by Gasteiger charge is -2.15. The molecule has 7 N–H and O–H groups in total. The summed E-state index contributed by atoms with van der Waals surface area (Å²) in [6.07, 6.45) is -1.19. The molecule has 0 aliphatic rings. The lowest BCUT2D eigenvalue weighted by molar-refractivity contribution is 0.0242. The fourth-order valence-electron chi connectivity index (χ4n) is 1.76. The van der Waals surface area contributed by atoms with Crippen molar-refractivity contribution in [3.63, 3.8) is 0 Å². The number of benzene rings is 1. The summed E-state index contributed by atoms with van der Waals surface area (Å²) in [6, 6.07) is 6.68. The van der Waals surface area contributed by atoms with E-state index in [1.165, 1.54) is 0 Å². The highest BCUT2D eigenvalue weighted by Gasteiger charge is 2.12. The van der Waals surface area contributed by atoms with Gasteiger partial charge in [-0.25, -0.2) is 0 Å². The molecule has 0 spiro atoms. The van der Waals surface area contributed by atoms with Gasteiger partial charge in [-0.2, -0.15) is 15.0 Å². The summed E-state index contributed by atoms with van der Waals surface area (Å²) in [5.74, 6) is -1.11. The second-order valence-corrected chi connectivity index (χ2v) is 5.77. The molecule has 12 nitrogen and oxygen atoms in total. The molecular formula is C12H16N7O5S-. The molecule has 0 fully saturated rings. The fourth-order valence-corrected chi connectivity index (χ4v) is 2.19. The monoisotopic (exact) mass is 370 g/mol. The highest BCUT2D eigenvalue weighted by molar-refractivity contribution is 7.79. The molecule has 2 unspecified atom stereocenters. The fraction of sp³-hybridized carbons (Fsp3) is 0.250. The number of nitrogens with two attached hydrogens (primary N) is 1. The third kappa shape index (κ3) is 6.09. The van der Waals surface area contributed by atoms with Crippen molar-refractivity contribution in [3.05, 3.63) is 24.3 Å². The van der Waals surface area contributed by atoms with Gasteiger partial charge in [0.2, 0.25) is 11.9 Å². The summed E-state index contributed by atoms with van der Waals surface area (Å²) in [6.45, 7) is -0.175. The van der Waals surface area contributed by atoms with Crippen molar-refractivity contribution in [1.29, 1.82) is 0 Å². The van der Waals surface area contributed by atoms with Crippen molar-refractivity contribution >= 4 is 40.3 Å². The van der Waals surface area contributed by atoms with Crippen LogP contribution < -0.4 is 21.6 Å². The van der Waals surface area contributed by atoms with Gasteiger partial charge in [0, 0.05) is 23.7 Å². The second kappa shape index (κ2) is 8.50. The quantitative estimate of drug-likeness (QED) is 0.197. The molecule has 0 saturated carbocycles. The molecule has 1 heterocycles. The van der Waals surface area contributed by atoms with Crippen molar-refractivity contribution < 1.29 is 24.3 Å². The van der Waals surface area contributed by atoms with Crippen LogP contribution in [-0.4, -0.2) is 57.6 Å². The van der Waals surface area contributed by atoms with Crippen LogP contribution >= 0.6 is 0 Å². The molecule has 0 amide bonds. The van der Waals surface area contributed by atoms with E-state index in [9.17, 15) is 13.9 Å². The van der Waals surface area contributed by atoms with Crippen LogP contribution in [0.1, 0.15) is 0 Å². The molecule has 0 bridgehead atoms. The van der Waals surface area contributed by atoms with Gasteiger partial charge in [0.25, 0.3) is 5.95 Å². The number of aromatic nitrogens is 3. The van der Waals surface area contributed by atoms with Crippen LogP contribution in [0.4, 0.5) is 29.2 Å². The topological polar surface area (TPSA) is 193 Å². The number of nitrogen functional groups attached to an aromatic ring is 1. The average Bonchev–Trinajstić information content (AvgIpc) is 2.52. The van der Waals surface area contributed by atoms with E-state index in [1.807, 2.05) is 0 Å². The number of nitrogens with one attached hydrogen (secondary N) is 2. The Balaban J connectivity index is 2.16. The van der Waals surface area contributed by atoms with E-state index in [2.05, 4.69) is 25.6 Å². The Morgan fingerprint density at radius 1 is 1.28 bits per heavy atom. The number of hydrogen-bond donors (Lipinski definition) is 6. The minimum atomic E-state index is -2.40. The van der Waals surface area contributed by atoms with Gasteiger partial charge in [-0.15, -0.1) is 0 Å². The number of aliphatic hydroxyl groups excluding tert-OH is 1. The van der Waals surface area contributed by atoms with Crippen LogP contribution in [0.5, 0.6) is 0 Å². The van der Waals surface area contributed by atoms with Gasteiger partial charge in [-0.05, 0) is 18.2 Å². The van der Waals surface area contributed by atoms with Crippen LogP contribution in [0.15, 0.2) is 24.3 Å². The number of rotatable bonds is 8. The lowest BCUT2D eigenvalue weighted by Crippen LogP contribution is -2.27. The van der Waals surface area contributed by atoms with E-state index < -0.39 is 28.9 Å².